The number of thiazole rings is 1. The average molecular weight is 298 g/mol. The van der Waals surface area contributed by atoms with Gasteiger partial charge >= 0.3 is 0 Å². The number of hydrogen-bond donors (Lipinski definition) is 0. The zero-order valence-corrected chi connectivity index (χ0v) is 11.7. The first-order valence-corrected chi connectivity index (χ1v) is 7.23. The van der Waals surface area contributed by atoms with Gasteiger partial charge in [-0.05, 0) is 12.1 Å². The maximum atomic E-state index is 10.8. The highest BCUT2D eigenvalue weighted by atomic mass is 32.1. The van der Waals surface area contributed by atoms with Crippen LogP contribution in [0.1, 0.15) is 5.69 Å². The SMILES string of the molecule is O=[N+]([O-])c1ccc2c(ccn2Cc2cn3ccsc3n2)c1. The molecule has 0 radical (unpaired) electrons. The fraction of sp³-hybridized carbons (Fsp3) is 0.0714. The maximum absolute atomic E-state index is 10.8. The van der Waals surface area contributed by atoms with Gasteiger partial charge in [-0.1, -0.05) is 0 Å². The molecule has 7 heteroatoms. The zero-order chi connectivity index (χ0) is 14.4. The third kappa shape index (κ3) is 1.98. The summed E-state index contributed by atoms with van der Waals surface area (Å²) in [5.41, 5.74) is 2.05. The molecule has 1 aromatic carbocycles. The van der Waals surface area contributed by atoms with Gasteiger partial charge in [-0.2, -0.15) is 0 Å². The van der Waals surface area contributed by atoms with Crippen LogP contribution in [0.15, 0.2) is 48.2 Å². The smallest absolute Gasteiger partial charge is 0.270 e. The van der Waals surface area contributed by atoms with Crippen molar-refractivity contribution in [1.82, 2.24) is 14.0 Å². The van der Waals surface area contributed by atoms with Gasteiger partial charge in [0.2, 0.25) is 0 Å². The van der Waals surface area contributed by atoms with Crippen molar-refractivity contribution < 1.29 is 4.92 Å². The van der Waals surface area contributed by atoms with Crippen LogP contribution < -0.4 is 0 Å². The Labute approximate surface area is 123 Å². The minimum absolute atomic E-state index is 0.114. The minimum Gasteiger partial charge on any atom is -0.341 e. The van der Waals surface area contributed by atoms with Gasteiger partial charge in [-0.25, -0.2) is 4.98 Å². The molecule has 0 bridgehead atoms. The normalized spacial score (nSPS) is 11.4. The molecule has 0 aliphatic rings. The second-order valence-electron chi connectivity index (χ2n) is 4.77. The minimum atomic E-state index is -0.375. The van der Waals surface area contributed by atoms with Crippen LogP contribution in [0.3, 0.4) is 0 Å². The van der Waals surface area contributed by atoms with Gasteiger partial charge in [0, 0.05) is 47.0 Å². The second-order valence-corrected chi connectivity index (χ2v) is 5.64. The number of benzene rings is 1. The summed E-state index contributed by atoms with van der Waals surface area (Å²) >= 11 is 1.60. The lowest BCUT2D eigenvalue weighted by molar-refractivity contribution is -0.384. The molecule has 0 N–H and O–H groups in total. The Bertz CT molecular complexity index is 937. The number of imidazole rings is 1. The summed E-state index contributed by atoms with van der Waals surface area (Å²) in [5.74, 6) is 0. The summed E-state index contributed by atoms with van der Waals surface area (Å²) in [6.45, 7) is 0.649. The lowest BCUT2D eigenvalue weighted by atomic mass is 10.2. The Morgan fingerprint density at radius 3 is 3.00 bits per heavy atom. The molecular formula is C14H10N4O2S. The lowest BCUT2D eigenvalue weighted by Gasteiger charge is -2.02. The molecule has 21 heavy (non-hydrogen) atoms. The van der Waals surface area contributed by atoms with E-state index >= 15 is 0 Å². The van der Waals surface area contributed by atoms with E-state index in [1.54, 1.807) is 23.5 Å². The molecule has 0 aliphatic carbocycles. The van der Waals surface area contributed by atoms with Gasteiger partial charge in [-0.3, -0.25) is 14.5 Å². The van der Waals surface area contributed by atoms with E-state index in [9.17, 15) is 10.1 Å². The number of nitro groups is 1. The number of rotatable bonds is 3. The highest BCUT2D eigenvalue weighted by molar-refractivity contribution is 7.15. The molecule has 6 nitrogen and oxygen atoms in total. The Hall–Kier alpha value is -2.67. The molecule has 0 amide bonds. The van der Waals surface area contributed by atoms with E-state index in [0.717, 1.165) is 21.6 Å². The summed E-state index contributed by atoms with van der Waals surface area (Å²) in [6.07, 6.45) is 5.92. The molecule has 0 fully saturated rings. The topological polar surface area (TPSA) is 65.4 Å². The van der Waals surface area contributed by atoms with Crippen LogP contribution in [0.4, 0.5) is 5.69 Å². The Morgan fingerprint density at radius 2 is 2.19 bits per heavy atom. The van der Waals surface area contributed by atoms with E-state index in [2.05, 4.69) is 4.98 Å². The summed E-state index contributed by atoms with van der Waals surface area (Å²) in [7, 11) is 0. The molecule has 104 valence electrons. The summed E-state index contributed by atoms with van der Waals surface area (Å²) < 4.78 is 4.04. The lowest BCUT2D eigenvalue weighted by Crippen LogP contribution is -1.98. The van der Waals surface area contributed by atoms with Crippen LogP contribution in [0, 0.1) is 10.1 Å². The Kier molecular flexibility index (Phi) is 2.55. The van der Waals surface area contributed by atoms with Crippen LogP contribution in [-0.4, -0.2) is 18.9 Å². The second kappa shape index (κ2) is 4.42. The van der Waals surface area contributed by atoms with Crippen LogP contribution in [0.5, 0.6) is 0 Å². The predicted octanol–water partition coefficient (Wildman–Crippen LogP) is 3.31. The zero-order valence-electron chi connectivity index (χ0n) is 10.8. The quantitative estimate of drug-likeness (QED) is 0.430. The van der Waals surface area contributed by atoms with Crippen LogP contribution in [-0.2, 0) is 6.54 Å². The molecule has 0 unspecified atom stereocenters. The number of nitro benzene ring substituents is 1. The van der Waals surface area contributed by atoms with Gasteiger partial charge in [0.1, 0.15) is 0 Å². The Balaban J connectivity index is 1.73. The monoisotopic (exact) mass is 298 g/mol. The molecule has 4 aromatic rings. The van der Waals surface area contributed by atoms with E-state index in [1.165, 1.54) is 6.07 Å². The molecule has 0 atom stereocenters. The summed E-state index contributed by atoms with van der Waals surface area (Å²) in [5, 5.41) is 13.7. The standard InChI is InChI=1S/C14H10N4O2S/c19-18(20)12-1-2-13-10(7-12)3-4-16(13)8-11-9-17-5-6-21-14(17)15-11/h1-7,9H,8H2. The van der Waals surface area contributed by atoms with Gasteiger partial charge in [-0.15, -0.1) is 11.3 Å². The van der Waals surface area contributed by atoms with Crippen molar-refractivity contribution in [3.8, 4) is 0 Å². The highest BCUT2D eigenvalue weighted by Crippen LogP contribution is 2.23. The molecule has 0 spiro atoms. The summed E-state index contributed by atoms with van der Waals surface area (Å²) in [6, 6.07) is 6.80. The molecule has 0 aliphatic heterocycles. The summed E-state index contributed by atoms with van der Waals surface area (Å²) in [4.78, 5) is 15.9. The Morgan fingerprint density at radius 1 is 1.29 bits per heavy atom. The van der Waals surface area contributed by atoms with Gasteiger partial charge in [0.25, 0.3) is 5.69 Å². The van der Waals surface area contributed by atoms with Gasteiger partial charge in [0.05, 0.1) is 17.2 Å². The largest absolute Gasteiger partial charge is 0.341 e. The van der Waals surface area contributed by atoms with Crippen molar-refractivity contribution >= 4 is 32.9 Å². The number of non-ortho nitro benzene ring substituents is 1. The molecule has 3 aromatic heterocycles. The van der Waals surface area contributed by atoms with E-state index < -0.39 is 0 Å². The number of hydrogen-bond acceptors (Lipinski definition) is 4. The first-order chi connectivity index (χ1) is 10.2. The van der Waals surface area contributed by atoms with Crippen LogP contribution in [0.25, 0.3) is 15.9 Å². The molecule has 0 saturated heterocycles. The fourth-order valence-corrected chi connectivity index (χ4v) is 3.18. The molecule has 0 saturated carbocycles. The number of nitrogens with zero attached hydrogens (tertiary/aromatic N) is 4. The van der Waals surface area contributed by atoms with Crippen molar-refractivity contribution in [2.75, 3.05) is 0 Å². The van der Waals surface area contributed by atoms with E-state index in [-0.39, 0.29) is 10.6 Å². The van der Waals surface area contributed by atoms with Gasteiger partial charge < -0.3 is 4.57 Å². The van der Waals surface area contributed by atoms with Gasteiger partial charge in [0.15, 0.2) is 4.96 Å². The molecular weight excluding hydrogens is 288 g/mol. The van der Waals surface area contributed by atoms with Crippen molar-refractivity contribution in [1.29, 1.82) is 0 Å². The number of aromatic nitrogens is 3. The van der Waals surface area contributed by atoms with E-state index in [4.69, 9.17) is 0 Å². The molecule has 3 heterocycles. The third-order valence-electron chi connectivity index (χ3n) is 3.44. The van der Waals surface area contributed by atoms with Crippen LogP contribution >= 0.6 is 11.3 Å². The average Bonchev–Trinajstić information content (AvgIpc) is 3.13. The van der Waals surface area contributed by atoms with Crippen molar-refractivity contribution in [3.05, 3.63) is 64.0 Å². The first kappa shape index (κ1) is 12.1. The third-order valence-corrected chi connectivity index (χ3v) is 4.21. The number of fused-ring (bicyclic) bond motifs is 2. The van der Waals surface area contributed by atoms with Crippen molar-refractivity contribution in [3.63, 3.8) is 0 Å². The maximum Gasteiger partial charge on any atom is 0.270 e. The van der Waals surface area contributed by atoms with Crippen molar-refractivity contribution in [2.24, 2.45) is 0 Å². The van der Waals surface area contributed by atoms with E-state index in [0.29, 0.717) is 6.54 Å². The van der Waals surface area contributed by atoms with Crippen LogP contribution in [0.2, 0.25) is 0 Å². The van der Waals surface area contributed by atoms with E-state index in [1.807, 2.05) is 39.0 Å². The van der Waals surface area contributed by atoms with Crippen molar-refractivity contribution in [2.45, 2.75) is 6.54 Å². The highest BCUT2D eigenvalue weighted by Gasteiger charge is 2.10. The molecule has 4 rings (SSSR count). The predicted molar refractivity (Wildman–Crippen MR) is 80.8 cm³/mol. The fourth-order valence-electron chi connectivity index (χ4n) is 2.47. The first-order valence-electron chi connectivity index (χ1n) is 6.35.